The standard InChI is InChI=1S/C66H113O11P/c1-4-7-10-13-16-19-22-25-27-29-31-33-35-38-41-44-47-50-53-56-65(69)76-62(58-67)60-74-78(71,72)75-61-63(59-73-64(68)55-52-49-46-43-40-37-24-21-18-15-12-9-6-3)77-66(70)57-54-51-48-45-42-39-36-34-32-30-28-26-23-20-17-14-11-8-5-2/h8-9,11-12,17-18,20-21,26,28,32,34,37,40,46,49,62-63,67H,4-7,10,13-16,19,22-25,27,29-31,33,35-36,38-39,41-45,47-48,50-61H2,1-3H3,(H,71,72)/b11-8-,12-9-,20-17-,21-18-,28-26-,34-32-,40-37-,49-46-. The molecule has 12 heteroatoms. The zero-order valence-electron chi connectivity index (χ0n) is 49.6. The molecule has 0 aromatic rings. The summed E-state index contributed by atoms with van der Waals surface area (Å²) in [4.78, 5) is 48.6. The van der Waals surface area contributed by atoms with Crippen LogP contribution in [0.25, 0.3) is 0 Å². The van der Waals surface area contributed by atoms with Crippen LogP contribution in [0.4, 0.5) is 0 Å². The van der Waals surface area contributed by atoms with Crippen LogP contribution in [-0.2, 0) is 42.2 Å². The second-order valence-corrected chi connectivity index (χ2v) is 21.9. The first-order chi connectivity index (χ1) is 38.2. The fourth-order valence-electron chi connectivity index (χ4n) is 8.36. The third-order valence-corrected chi connectivity index (χ3v) is 14.0. The molecule has 0 saturated heterocycles. The molecule has 2 N–H and O–H groups in total. The minimum absolute atomic E-state index is 0.0988. The average Bonchev–Trinajstić information content (AvgIpc) is 3.43. The highest BCUT2D eigenvalue weighted by Gasteiger charge is 2.28. The van der Waals surface area contributed by atoms with Crippen LogP contribution in [0.15, 0.2) is 97.2 Å². The zero-order valence-corrected chi connectivity index (χ0v) is 50.5. The van der Waals surface area contributed by atoms with Gasteiger partial charge in [0.15, 0.2) is 6.10 Å². The summed E-state index contributed by atoms with van der Waals surface area (Å²) in [6.07, 6.45) is 71.0. The maximum Gasteiger partial charge on any atom is 0.472 e. The highest BCUT2D eigenvalue weighted by atomic mass is 31.2. The number of allylic oxidation sites excluding steroid dienone is 16. The predicted molar refractivity (Wildman–Crippen MR) is 325 cm³/mol. The fraction of sp³-hybridized carbons (Fsp3) is 0.712. The minimum Gasteiger partial charge on any atom is -0.462 e. The number of phosphoric ester groups is 1. The second-order valence-electron chi connectivity index (χ2n) is 20.5. The molecular weight excluding hydrogens is 1000 g/mol. The topological polar surface area (TPSA) is 155 Å². The number of carbonyl (C=O) groups excluding carboxylic acids is 3. The van der Waals surface area contributed by atoms with Crippen LogP contribution in [0.5, 0.6) is 0 Å². The van der Waals surface area contributed by atoms with Gasteiger partial charge in [-0.05, 0) is 83.5 Å². The lowest BCUT2D eigenvalue weighted by Gasteiger charge is -2.21. The van der Waals surface area contributed by atoms with Gasteiger partial charge < -0.3 is 24.2 Å². The van der Waals surface area contributed by atoms with Crippen LogP contribution in [0.2, 0.25) is 0 Å². The molecule has 0 aromatic heterocycles. The molecule has 0 rings (SSSR count). The van der Waals surface area contributed by atoms with Gasteiger partial charge in [0.25, 0.3) is 0 Å². The van der Waals surface area contributed by atoms with Crippen LogP contribution in [0.1, 0.15) is 265 Å². The molecule has 0 spiro atoms. The third kappa shape index (κ3) is 57.1. The Hall–Kier alpha value is -3.60. The SMILES string of the molecule is CC/C=C\C/C=C\C/C=C\C/C=C\CCCCCCCCC(=O)OC(COC(=O)CC/C=C\C/C=C\C/C=C\C/C=C\CC)COP(=O)(O)OCC(CO)OC(=O)CCCCCCCCCCCCCCCCCCCCC. The number of unbranched alkanes of at least 4 members (excludes halogenated alkanes) is 24. The molecule has 3 atom stereocenters. The molecular formula is C66H113O11P. The van der Waals surface area contributed by atoms with Crippen molar-refractivity contribution in [1.82, 2.24) is 0 Å². The van der Waals surface area contributed by atoms with Crippen molar-refractivity contribution in [3.05, 3.63) is 97.2 Å². The highest BCUT2D eigenvalue weighted by molar-refractivity contribution is 7.47. The Morgan fingerprint density at radius 1 is 0.372 bits per heavy atom. The number of ether oxygens (including phenoxy) is 3. The van der Waals surface area contributed by atoms with Crippen molar-refractivity contribution in [2.24, 2.45) is 0 Å². The number of carbonyl (C=O) groups is 3. The van der Waals surface area contributed by atoms with Crippen molar-refractivity contribution >= 4 is 25.7 Å². The maximum absolute atomic E-state index is 12.9. The van der Waals surface area contributed by atoms with Crippen molar-refractivity contribution in [2.75, 3.05) is 26.4 Å². The molecule has 3 unspecified atom stereocenters. The molecule has 11 nitrogen and oxygen atoms in total. The molecule has 0 aromatic carbocycles. The summed E-state index contributed by atoms with van der Waals surface area (Å²) >= 11 is 0. The van der Waals surface area contributed by atoms with E-state index in [-0.39, 0.29) is 25.9 Å². The Morgan fingerprint density at radius 3 is 1.08 bits per heavy atom. The summed E-state index contributed by atoms with van der Waals surface area (Å²) in [6.45, 7) is 4.35. The smallest absolute Gasteiger partial charge is 0.462 e. The van der Waals surface area contributed by atoms with E-state index in [1.54, 1.807) is 0 Å². The molecule has 0 radical (unpaired) electrons. The van der Waals surface area contributed by atoms with Gasteiger partial charge in [0.05, 0.1) is 19.8 Å². The fourth-order valence-corrected chi connectivity index (χ4v) is 9.15. The summed E-state index contributed by atoms with van der Waals surface area (Å²) < 4.78 is 39.5. The normalized spacial score (nSPS) is 14.0. The second kappa shape index (κ2) is 59.5. The van der Waals surface area contributed by atoms with Gasteiger partial charge in [-0.2, -0.15) is 0 Å². The molecule has 0 aliphatic heterocycles. The molecule has 0 heterocycles. The lowest BCUT2D eigenvalue weighted by atomic mass is 10.0. The molecule has 0 aliphatic carbocycles. The maximum atomic E-state index is 12.9. The Bertz CT molecular complexity index is 1680. The third-order valence-electron chi connectivity index (χ3n) is 13.0. The van der Waals surface area contributed by atoms with E-state index >= 15 is 0 Å². The number of hydrogen-bond donors (Lipinski definition) is 2. The summed E-state index contributed by atoms with van der Waals surface area (Å²) in [5, 5.41) is 9.85. The van der Waals surface area contributed by atoms with Crippen LogP contribution in [0.3, 0.4) is 0 Å². The molecule has 0 aliphatic rings. The Morgan fingerprint density at radius 2 is 0.692 bits per heavy atom. The van der Waals surface area contributed by atoms with E-state index in [9.17, 15) is 28.9 Å². The van der Waals surface area contributed by atoms with E-state index in [1.165, 1.54) is 96.3 Å². The molecule has 0 amide bonds. The van der Waals surface area contributed by atoms with Gasteiger partial charge in [0.2, 0.25) is 0 Å². The predicted octanol–water partition coefficient (Wildman–Crippen LogP) is 18.8. The Labute approximate surface area is 476 Å². The van der Waals surface area contributed by atoms with Crippen LogP contribution >= 0.6 is 7.82 Å². The van der Waals surface area contributed by atoms with Gasteiger partial charge in [-0.15, -0.1) is 0 Å². The first-order valence-corrected chi connectivity index (χ1v) is 32.6. The minimum atomic E-state index is -4.77. The van der Waals surface area contributed by atoms with E-state index in [0.717, 1.165) is 109 Å². The average molecular weight is 1110 g/mol. The van der Waals surface area contributed by atoms with E-state index in [1.807, 2.05) is 12.2 Å². The Balaban J connectivity index is 4.71. The number of phosphoric acid groups is 1. The van der Waals surface area contributed by atoms with Crippen LogP contribution in [0, 0.1) is 0 Å². The van der Waals surface area contributed by atoms with Gasteiger partial charge in [-0.1, -0.05) is 259 Å². The quantitative estimate of drug-likeness (QED) is 0.0197. The molecule has 78 heavy (non-hydrogen) atoms. The van der Waals surface area contributed by atoms with E-state index in [2.05, 4.69) is 106 Å². The van der Waals surface area contributed by atoms with E-state index < -0.39 is 57.8 Å². The number of aliphatic hydroxyl groups is 1. The monoisotopic (exact) mass is 1110 g/mol. The van der Waals surface area contributed by atoms with Gasteiger partial charge >= 0.3 is 25.7 Å². The van der Waals surface area contributed by atoms with Crippen molar-refractivity contribution in [3.8, 4) is 0 Å². The summed E-state index contributed by atoms with van der Waals surface area (Å²) in [6, 6.07) is 0. The molecule has 0 bridgehead atoms. The summed E-state index contributed by atoms with van der Waals surface area (Å²) in [5.41, 5.74) is 0. The van der Waals surface area contributed by atoms with Gasteiger partial charge in [0.1, 0.15) is 12.7 Å². The summed E-state index contributed by atoms with van der Waals surface area (Å²) in [5.74, 6) is -1.58. The number of rotatable bonds is 57. The van der Waals surface area contributed by atoms with E-state index in [4.69, 9.17) is 23.3 Å². The lowest BCUT2D eigenvalue weighted by molar-refractivity contribution is -0.161. The Kier molecular flexibility index (Phi) is 56.8. The molecule has 0 saturated carbocycles. The lowest BCUT2D eigenvalue weighted by Crippen LogP contribution is -2.30. The van der Waals surface area contributed by atoms with Gasteiger partial charge in [-0.25, -0.2) is 4.57 Å². The number of hydrogen-bond acceptors (Lipinski definition) is 10. The largest absolute Gasteiger partial charge is 0.472 e. The van der Waals surface area contributed by atoms with Crippen molar-refractivity contribution in [2.45, 2.75) is 277 Å². The van der Waals surface area contributed by atoms with E-state index in [0.29, 0.717) is 19.3 Å². The summed E-state index contributed by atoms with van der Waals surface area (Å²) in [7, 11) is -4.77. The zero-order chi connectivity index (χ0) is 56.9. The molecule has 0 fully saturated rings. The van der Waals surface area contributed by atoms with Gasteiger partial charge in [0, 0.05) is 19.3 Å². The molecule has 448 valence electrons. The number of esters is 3. The van der Waals surface area contributed by atoms with Crippen molar-refractivity contribution in [1.29, 1.82) is 0 Å². The van der Waals surface area contributed by atoms with Crippen LogP contribution < -0.4 is 0 Å². The van der Waals surface area contributed by atoms with Crippen molar-refractivity contribution < 1.29 is 52.2 Å². The number of aliphatic hydroxyl groups excluding tert-OH is 1. The first-order valence-electron chi connectivity index (χ1n) is 31.1. The highest BCUT2D eigenvalue weighted by Crippen LogP contribution is 2.43. The first kappa shape index (κ1) is 74.4. The van der Waals surface area contributed by atoms with Gasteiger partial charge in [-0.3, -0.25) is 23.4 Å². The van der Waals surface area contributed by atoms with Crippen molar-refractivity contribution in [3.63, 3.8) is 0 Å². The van der Waals surface area contributed by atoms with Crippen LogP contribution in [-0.4, -0.2) is 66.5 Å².